The minimum absolute atomic E-state index is 0.0109. The molecule has 4 rings (SSSR count). The first-order valence-electron chi connectivity index (χ1n) is 10.8. The number of amides is 1. The molecule has 32 heavy (non-hydrogen) atoms. The van der Waals surface area contributed by atoms with E-state index < -0.39 is 0 Å². The van der Waals surface area contributed by atoms with Crippen LogP contribution in [0.4, 0.5) is 4.39 Å². The lowest BCUT2D eigenvalue weighted by Gasteiger charge is -2.14. The third kappa shape index (κ3) is 4.88. The number of furan rings is 1. The summed E-state index contributed by atoms with van der Waals surface area (Å²) in [6.45, 7) is 5.92. The molecule has 166 valence electrons. The van der Waals surface area contributed by atoms with E-state index in [9.17, 15) is 9.18 Å². The molecule has 3 heterocycles. The van der Waals surface area contributed by atoms with Crippen LogP contribution in [-0.2, 0) is 17.6 Å². The zero-order chi connectivity index (χ0) is 22.7. The summed E-state index contributed by atoms with van der Waals surface area (Å²) in [5, 5.41) is 7.69. The topological polar surface area (TPSA) is 72.4 Å². The highest BCUT2D eigenvalue weighted by Crippen LogP contribution is 2.23. The smallest absolute Gasteiger partial charge is 0.220 e. The molecule has 0 radical (unpaired) electrons. The predicted octanol–water partition coefficient (Wildman–Crippen LogP) is 4.82. The van der Waals surface area contributed by atoms with Crippen molar-refractivity contribution in [1.82, 2.24) is 19.9 Å². The molecule has 0 spiro atoms. The Balaban J connectivity index is 1.42. The SMILES string of the molecule is Cc1nc2cc(-c3cccc(F)c3)nn2c(C)c1CCC(=O)N[C@H](C)CCc1ccco1. The van der Waals surface area contributed by atoms with Gasteiger partial charge in [-0.05, 0) is 63.4 Å². The van der Waals surface area contributed by atoms with Crippen LogP contribution in [0, 0.1) is 19.7 Å². The van der Waals surface area contributed by atoms with E-state index in [0.29, 0.717) is 29.7 Å². The van der Waals surface area contributed by atoms with Crippen molar-refractivity contribution < 1.29 is 13.6 Å². The van der Waals surface area contributed by atoms with Crippen LogP contribution in [-0.4, -0.2) is 26.5 Å². The number of carbonyl (C=O) groups excluding carboxylic acids is 1. The van der Waals surface area contributed by atoms with Gasteiger partial charge in [-0.2, -0.15) is 5.10 Å². The first-order chi connectivity index (χ1) is 15.4. The van der Waals surface area contributed by atoms with Crippen molar-refractivity contribution in [2.45, 2.75) is 52.5 Å². The molecule has 1 amide bonds. The van der Waals surface area contributed by atoms with Gasteiger partial charge in [0.2, 0.25) is 5.91 Å². The van der Waals surface area contributed by atoms with E-state index in [2.05, 4.69) is 15.4 Å². The molecular formula is C25H27FN4O2. The molecule has 0 aliphatic rings. The van der Waals surface area contributed by atoms with Gasteiger partial charge in [-0.15, -0.1) is 0 Å². The van der Waals surface area contributed by atoms with E-state index in [1.807, 2.05) is 45.0 Å². The summed E-state index contributed by atoms with van der Waals surface area (Å²) in [5.74, 6) is 0.635. The maximum Gasteiger partial charge on any atom is 0.220 e. The highest BCUT2D eigenvalue weighted by Gasteiger charge is 2.15. The molecule has 4 aromatic rings. The maximum atomic E-state index is 13.6. The maximum absolute atomic E-state index is 13.6. The van der Waals surface area contributed by atoms with E-state index in [1.54, 1.807) is 16.8 Å². The van der Waals surface area contributed by atoms with Crippen molar-refractivity contribution in [2.75, 3.05) is 0 Å². The Morgan fingerprint density at radius 1 is 1.19 bits per heavy atom. The molecule has 0 bridgehead atoms. The zero-order valence-corrected chi connectivity index (χ0v) is 18.6. The molecule has 0 saturated carbocycles. The molecule has 0 aliphatic heterocycles. The van der Waals surface area contributed by atoms with Crippen LogP contribution in [0.3, 0.4) is 0 Å². The summed E-state index contributed by atoms with van der Waals surface area (Å²) in [6.07, 6.45) is 4.22. The van der Waals surface area contributed by atoms with Crippen LogP contribution in [0.15, 0.2) is 53.1 Å². The number of benzene rings is 1. The quantitative estimate of drug-likeness (QED) is 0.432. The predicted molar refractivity (Wildman–Crippen MR) is 121 cm³/mol. The molecule has 1 aromatic carbocycles. The summed E-state index contributed by atoms with van der Waals surface area (Å²) in [4.78, 5) is 17.1. The summed E-state index contributed by atoms with van der Waals surface area (Å²) in [6, 6.07) is 12.1. The minimum Gasteiger partial charge on any atom is -0.469 e. The highest BCUT2D eigenvalue weighted by atomic mass is 19.1. The van der Waals surface area contributed by atoms with Gasteiger partial charge in [-0.3, -0.25) is 4.79 Å². The van der Waals surface area contributed by atoms with Gasteiger partial charge in [0.05, 0.1) is 12.0 Å². The van der Waals surface area contributed by atoms with Gasteiger partial charge in [-0.25, -0.2) is 13.9 Å². The van der Waals surface area contributed by atoms with Crippen LogP contribution in [0.25, 0.3) is 16.9 Å². The Hall–Kier alpha value is -3.48. The molecule has 1 N–H and O–H groups in total. The van der Waals surface area contributed by atoms with Crippen molar-refractivity contribution in [3.8, 4) is 11.3 Å². The molecule has 1 atom stereocenters. The Morgan fingerprint density at radius 2 is 2.03 bits per heavy atom. The molecular weight excluding hydrogens is 407 g/mol. The number of fused-ring (bicyclic) bond motifs is 1. The number of halogens is 1. The van der Waals surface area contributed by atoms with Gasteiger partial charge < -0.3 is 9.73 Å². The van der Waals surface area contributed by atoms with Gasteiger partial charge in [0.25, 0.3) is 0 Å². The second kappa shape index (κ2) is 9.34. The molecule has 7 heteroatoms. The van der Waals surface area contributed by atoms with Gasteiger partial charge in [0.1, 0.15) is 11.6 Å². The molecule has 3 aromatic heterocycles. The van der Waals surface area contributed by atoms with Gasteiger partial charge in [-0.1, -0.05) is 12.1 Å². The van der Waals surface area contributed by atoms with E-state index >= 15 is 0 Å². The van der Waals surface area contributed by atoms with Gasteiger partial charge >= 0.3 is 0 Å². The van der Waals surface area contributed by atoms with E-state index in [4.69, 9.17) is 4.42 Å². The van der Waals surface area contributed by atoms with Crippen LogP contribution in [0.1, 0.15) is 42.5 Å². The van der Waals surface area contributed by atoms with Crippen molar-refractivity contribution in [1.29, 1.82) is 0 Å². The summed E-state index contributed by atoms with van der Waals surface area (Å²) in [5.41, 5.74) is 4.90. The van der Waals surface area contributed by atoms with Crippen molar-refractivity contribution in [3.05, 3.63) is 77.3 Å². The third-order valence-corrected chi connectivity index (χ3v) is 5.70. The van der Waals surface area contributed by atoms with Crippen LogP contribution < -0.4 is 5.32 Å². The average molecular weight is 435 g/mol. The third-order valence-electron chi connectivity index (χ3n) is 5.70. The number of aryl methyl sites for hydroxylation is 3. The standard InChI is InChI=1S/C25H27FN4O2/c1-16(9-10-21-8-5-13-32-21)27-25(31)12-11-22-17(2)28-24-15-23(29-30(24)18(22)3)19-6-4-7-20(26)14-19/h4-8,13-16H,9-12H2,1-3H3,(H,27,31)/t16-/m1/s1. The van der Waals surface area contributed by atoms with Crippen molar-refractivity contribution >= 4 is 11.6 Å². The lowest BCUT2D eigenvalue weighted by molar-refractivity contribution is -0.121. The fourth-order valence-corrected chi connectivity index (χ4v) is 3.95. The summed E-state index contributed by atoms with van der Waals surface area (Å²) < 4.78 is 20.7. The monoisotopic (exact) mass is 434 g/mol. The molecule has 6 nitrogen and oxygen atoms in total. The molecule has 0 saturated heterocycles. The van der Waals surface area contributed by atoms with Crippen molar-refractivity contribution in [2.24, 2.45) is 0 Å². The average Bonchev–Trinajstić information content (AvgIpc) is 3.42. The summed E-state index contributed by atoms with van der Waals surface area (Å²) in [7, 11) is 0. The van der Waals surface area contributed by atoms with E-state index in [-0.39, 0.29) is 17.8 Å². The Labute approximate surface area is 186 Å². The van der Waals surface area contributed by atoms with E-state index in [0.717, 1.165) is 35.6 Å². The van der Waals surface area contributed by atoms with E-state index in [1.165, 1.54) is 12.1 Å². The fourth-order valence-electron chi connectivity index (χ4n) is 3.95. The molecule has 0 aliphatic carbocycles. The van der Waals surface area contributed by atoms with Crippen LogP contribution in [0.5, 0.6) is 0 Å². The lowest BCUT2D eigenvalue weighted by atomic mass is 10.1. The first kappa shape index (κ1) is 21.7. The number of hydrogen-bond acceptors (Lipinski definition) is 4. The number of aromatic nitrogens is 3. The Bertz CT molecular complexity index is 1230. The summed E-state index contributed by atoms with van der Waals surface area (Å²) >= 11 is 0. The van der Waals surface area contributed by atoms with Crippen LogP contribution >= 0.6 is 0 Å². The number of nitrogens with zero attached hydrogens (tertiary/aromatic N) is 3. The second-order valence-electron chi connectivity index (χ2n) is 8.16. The number of hydrogen-bond donors (Lipinski definition) is 1. The minimum atomic E-state index is -0.300. The van der Waals surface area contributed by atoms with Gasteiger partial charge in [0, 0.05) is 41.9 Å². The number of nitrogens with one attached hydrogen (secondary N) is 1. The van der Waals surface area contributed by atoms with Crippen LogP contribution in [0.2, 0.25) is 0 Å². The lowest BCUT2D eigenvalue weighted by Crippen LogP contribution is -2.33. The normalized spacial score (nSPS) is 12.2. The highest BCUT2D eigenvalue weighted by molar-refractivity contribution is 5.76. The Kier molecular flexibility index (Phi) is 6.35. The first-order valence-corrected chi connectivity index (χ1v) is 10.8. The Morgan fingerprint density at radius 3 is 2.78 bits per heavy atom. The zero-order valence-electron chi connectivity index (χ0n) is 18.6. The molecule has 0 unspecified atom stereocenters. The van der Waals surface area contributed by atoms with Crippen molar-refractivity contribution in [3.63, 3.8) is 0 Å². The van der Waals surface area contributed by atoms with Gasteiger partial charge in [0.15, 0.2) is 5.65 Å². The number of rotatable bonds is 8. The second-order valence-corrected chi connectivity index (χ2v) is 8.16. The number of carbonyl (C=O) groups is 1. The fraction of sp³-hybridized carbons (Fsp3) is 0.320. The molecule has 0 fully saturated rings. The largest absolute Gasteiger partial charge is 0.469 e.